The minimum absolute atomic E-state index is 0.0902. The van der Waals surface area contributed by atoms with Gasteiger partial charge >= 0.3 is 5.63 Å². The smallest absolute Gasteiger partial charge is 0.336 e. The van der Waals surface area contributed by atoms with Crippen molar-refractivity contribution in [1.82, 2.24) is 0 Å². The summed E-state index contributed by atoms with van der Waals surface area (Å²) in [5.41, 5.74) is 6.35. The van der Waals surface area contributed by atoms with Crippen molar-refractivity contribution in [3.05, 3.63) is 40.2 Å². The van der Waals surface area contributed by atoms with Crippen molar-refractivity contribution in [1.29, 1.82) is 0 Å². The molecule has 17 heavy (non-hydrogen) atoms. The Hall–Kier alpha value is -1.46. The highest BCUT2D eigenvalue weighted by atomic mass is 32.2. The third-order valence-corrected chi connectivity index (χ3v) is 3.37. The van der Waals surface area contributed by atoms with Crippen molar-refractivity contribution in [2.45, 2.75) is 5.75 Å². The Balaban J connectivity index is 2.43. The molecule has 0 aliphatic rings. The second kappa shape index (κ2) is 5.25. The van der Waals surface area contributed by atoms with E-state index in [2.05, 4.69) is 0 Å². The van der Waals surface area contributed by atoms with Crippen molar-refractivity contribution in [3.8, 4) is 5.75 Å². The molecule has 4 nitrogen and oxygen atoms in total. The fraction of sp³-hybridized carbons (Fsp3) is 0.250. The molecule has 2 aromatic rings. The van der Waals surface area contributed by atoms with Gasteiger partial charge in [-0.25, -0.2) is 4.79 Å². The van der Waals surface area contributed by atoms with E-state index in [1.54, 1.807) is 23.9 Å². The molecule has 2 rings (SSSR count). The second-order valence-corrected chi connectivity index (χ2v) is 4.72. The summed E-state index contributed by atoms with van der Waals surface area (Å²) in [6.45, 7) is 0.616. The van der Waals surface area contributed by atoms with E-state index in [1.165, 1.54) is 12.1 Å². The zero-order valence-electron chi connectivity index (χ0n) is 9.18. The van der Waals surface area contributed by atoms with Crippen molar-refractivity contribution < 1.29 is 9.52 Å². The molecule has 0 saturated carbocycles. The van der Waals surface area contributed by atoms with Crippen LogP contribution in [0, 0.1) is 0 Å². The van der Waals surface area contributed by atoms with E-state index in [1.807, 2.05) is 0 Å². The summed E-state index contributed by atoms with van der Waals surface area (Å²) in [4.78, 5) is 11.4. The lowest BCUT2D eigenvalue weighted by Gasteiger charge is -2.05. The first-order chi connectivity index (χ1) is 8.20. The molecule has 1 aromatic heterocycles. The highest BCUT2D eigenvalue weighted by Crippen LogP contribution is 2.24. The van der Waals surface area contributed by atoms with Crippen LogP contribution in [0.25, 0.3) is 11.0 Å². The summed E-state index contributed by atoms with van der Waals surface area (Å²) in [6, 6.07) is 6.28. The molecule has 3 N–H and O–H groups in total. The van der Waals surface area contributed by atoms with Gasteiger partial charge in [-0.2, -0.15) is 11.8 Å². The molecule has 5 heteroatoms. The van der Waals surface area contributed by atoms with Gasteiger partial charge < -0.3 is 15.3 Å². The number of aromatic hydroxyl groups is 1. The van der Waals surface area contributed by atoms with Gasteiger partial charge in [0.2, 0.25) is 0 Å². The van der Waals surface area contributed by atoms with Crippen LogP contribution >= 0.6 is 11.8 Å². The van der Waals surface area contributed by atoms with E-state index in [0.29, 0.717) is 17.9 Å². The van der Waals surface area contributed by atoms with Crippen LogP contribution in [0.1, 0.15) is 5.56 Å². The molecule has 0 bridgehead atoms. The van der Waals surface area contributed by atoms with Gasteiger partial charge in [-0.05, 0) is 17.7 Å². The monoisotopic (exact) mass is 251 g/mol. The number of fused-ring (bicyclic) bond motifs is 1. The van der Waals surface area contributed by atoms with Gasteiger partial charge in [0, 0.05) is 35.6 Å². The SMILES string of the molecule is NCCSCc1cc(=O)oc2cc(O)ccc12. The number of nitrogens with two attached hydrogens (primary N) is 1. The van der Waals surface area contributed by atoms with E-state index >= 15 is 0 Å². The topological polar surface area (TPSA) is 76.5 Å². The Kier molecular flexibility index (Phi) is 3.71. The maximum atomic E-state index is 11.4. The lowest BCUT2D eigenvalue weighted by atomic mass is 10.1. The van der Waals surface area contributed by atoms with Crippen molar-refractivity contribution >= 4 is 22.7 Å². The van der Waals surface area contributed by atoms with Crippen LogP contribution in [0.4, 0.5) is 0 Å². The Labute approximate surface area is 102 Å². The first-order valence-corrected chi connectivity index (χ1v) is 6.40. The molecule has 0 radical (unpaired) electrons. The molecule has 1 heterocycles. The summed E-state index contributed by atoms with van der Waals surface area (Å²) < 4.78 is 5.04. The largest absolute Gasteiger partial charge is 0.508 e. The number of hydrogen-bond acceptors (Lipinski definition) is 5. The van der Waals surface area contributed by atoms with Gasteiger partial charge in [-0.3, -0.25) is 0 Å². The van der Waals surface area contributed by atoms with Gasteiger partial charge in [0.05, 0.1) is 0 Å². The van der Waals surface area contributed by atoms with Crippen LogP contribution in [0.15, 0.2) is 33.5 Å². The third kappa shape index (κ3) is 2.81. The highest BCUT2D eigenvalue weighted by molar-refractivity contribution is 7.98. The zero-order chi connectivity index (χ0) is 12.3. The molecule has 0 saturated heterocycles. The van der Waals surface area contributed by atoms with Crippen molar-refractivity contribution in [3.63, 3.8) is 0 Å². The summed E-state index contributed by atoms with van der Waals surface area (Å²) in [7, 11) is 0. The van der Waals surface area contributed by atoms with E-state index < -0.39 is 5.63 Å². The third-order valence-electron chi connectivity index (χ3n) is 2.33. The number of phenols is 1. The lowest BCUT2D eigenvalue weighted by Crippen LogP contribution is -2.03. The molecule has 0 spiro atoms. The maximum absolute atomic E-state index is 11.4. The van der Waals surface area contributed by atoms with Crippen LogP contribution in [0.3, 0.4) is 0 Å². The minimum atomic E-state index is -0.397. The molecule has 0 atom stereocenters. The highest BCUT2D eigenvalue weighted by Gasteiger charge is 2.06. The molecule has 1 aromatic carbocycles. The quantitative estimate of drug-likeness (QED) is 0.638. The number of benzene rings is 1. The second-order valence-electron chi connectivity index (χ2n) is 3.61. The van der Waals surface area contributed by atoms with Crippen LogP contribution in [0.2, 0.25) is 0 Å². The maximum Gasteiger partial charge on any atom is 0.336 e. The molecule has 0 aliphatic carbocycles. The summed E-state index contributed by atoms with van der Waals surface area (Å²) in [6.07, 6.45) is 0. The normalized spacial score (nSPS) is 10.9. The molecule has 0 fully saturated rings. The Bertz CT molecular complexity index is 579. The van der Waals surface area contributed by atoms with Crippen molar-refractivity contribution in [2.24, 2.45) is 5.73 Å². The lowest BCUT2D eigenvalue weighted by molar-refractivity contribution is 0.473. The molecule has 90 valence electrons. The Morgan fingerprint density at radius 2 is 2.18 bits per heavy atom. The molecular weight excluding hydrogens is 238 g/mol. The Morgan fingerprint density at radius 3 is 2.94 bits per heavy atom. The Morgan fingerprint density at radius 1 is 1.35 bits per heavy atom. The number of hydrogen-bond donors (Lipinski definition) is 2. The van der Waals surface area contributed by atoms with Gasteiger partial charge in [0.1, 0.15) is 11.3 Å². The standard InChI is InChI=1S/C12H13NO3S/c13-3-4-17-7-8-5-12(15)16-11-6-9(14)1-2-10(8)11/h1-2,5-6,14H,3-4,7,13H2. The number of rotatable bonds is 4. The predicted molar refractivity (Wildman–Crippen MR) is 69.4 cm³/mol. The fourth-order valence-corrected chi connectivity index (χ4v) is 2.37. The zero-order valence-corrected chi connectivity index (χ0v) is 10.00. The molecule has 0 amide bonds. The first kappa shape index (κ1) is 12.0. The fourth-order valence-electron chi connectivity index (χ4n) is 1.60. The van der Waals surface area contributed by atoms with Crippen molar-refractivity contribution in [2.75, 3.05) is 12.3 Å². The van der Waals surface area contributed by atoms with Crippen LogP contribution in [0.5, 0.6) is 5.75 Å². The van der Waals surface area contributed by atoms with Gasteiger partial charge in [-0.15, -0.1) is 0 Å². The summed E-state index contributed by atoms with van der Waals surface area (Å²) >= 11 is 1.67. The number of thioether (sulfide) groups is 1. The summed E-state index contributed by atoms with van der Waals surface area (Å²) in [5.74, 6) is 1.65. The van der Waals surface area contributed by atoms with E-state index in [-0.39, 0.29) is 5.75 Å². The van der Waals surface area contributed by atoms with Gasteiger partial charge in [-0.1, -0.05) is 0 Å². The minimum Gasteiger partial charge on any atom is -0.508 e. The van der Waals surface area contributed by atoms with E-state index in [9.17, 15) is 9.90 Å². The van der Waals surface area contributed by atoms with Gasteiger partial charge in [0.15, 0.2) is 0 Å². The average Bonchev–Trinajstić information content (AvgIpc) is 2.28. The first-order valence-electron chi connectivity index (χ1n) is 5.24. The molecule has 0 unspecified atom stereocenters. The van der Waals surface area contributed by atoms with Crippen LogP contribution in [-0.4, -0.2) is 17.4 Å². The average molecular weight is 251 g/mol. The van der Waals surface area contributed by atoms with E-state index in [4.69, 9.17) is 10.2 Å². The summed E-state index contributed by atoms with van der Waals surface area (Å²) in [5, 5.41) is 10.2. The van der Waals surface area contributed by atoms with Gasteiger partial charge in [0.25, 0.3) is 0 Å². The van der Waals surface area contributed by atoms with E-state index in [0.717, 1.165) is 16.7 Å². The molecular formula is C12H13NO3S. The predicted octanol–water partition coefficient (Wildman–Crippen LogP) is 1.69. The van der Waals surface area contributed by atoms with Crippen LogP contribution < -0.4 is 11.4 Å². The number of phenolic OH excluding ortho intramolecular Hbond substituents is 1. The van der Waals surface area contributed by atoms with Crippen LogP contribution in [-0.2, 0) is 5.75 Å². The molecule has 0 aliphatic heterocycles.